The highest BCUT2D eigenvalue weighted by Gasteiger charge is 2.02. The van der Waals surface area contributed by atoms with Gasteiger partial charge < -0.3 is 10.1 Å². The Kier molecular flexibility index (Phi) is 4.38. The highest BCUT2D eigenvalue weighted by molar-refractivity contribution is 9.10. The zero-order valence-electron chi connectivity index (χ0n) is 9.65. The summed E-state index contributed by atoms with van der Waals surface area (Å²) in [6.07, 6.45) is 3.44. The van der Waals surface area contributed by atoms with Crippen LogP contribution in [0.5, 0.6) is 5.88 Å². The molecule has 0 atom stereocenters. The van der Waals surface area contributed by atoms with Crippen molar-refractivity contribution in [1.82, 2.24) is 9.97 Å². The number of methoxy groups -OCH3 is 1. The molecule has 1 N–H and O–H groups in total. The number of pyridine rings is 2. The molecule has 2 aromatic rings. The molecule has 2 aromatic heterocycles. The second kappa shape index (κ2) is 6.02. The topological polar surface area (TPSA) is 47.0 Å². The largest absolute Gasteiger partial charge is 0.481 e. The van der Waals surface area contributed by atoms with Crippen LogP contribution in [0.3, 0.4) is 0 Å². The van der Waals surface area contributed by atoms with Crippen molar-refractivity contribution in [2.45, 2.75) is 6.54 Å². The number of anilines is 1. The molecule has 0 aliphatic heterocycles. The van der Waals surface area contributed by atoms with Crippen LogP contribution >= 0.6 is 27.5 Å². The number of halogens is 2. The van der Waals surface area contributed by atoms with E-state index >= 15 is 0 Å². The van der Waals surface area contributed by atoms with Crippen LogP contribution < -0.4 is 10.1 Å². The van der Waals surface area contributed by atoms with Crippen LogP contribution in [-0.2, 0) is 6.54 Å². The van der Waals surface area contributed by atoms with E-state index in [0.29, 0.717) is 23.3 Å². The molecule has 2 heterocycles. The number of aromatic nitrogens is 2. The molecule has 0 aliphatic carbocycles. The molecule has 0 fully saturated rings. The van der Waals surface area contributed by atoms with Crippen LogP contribution in [0.2, 0.25) is 5.02 Å². The fourth-order valence-corrected chi connectivity index (χ4v) is 2.06. The summed E-state index contributed by atoms with van der Waals surface area (Å²) in [5.74, 6) is 1.24. The summed E-state index contributed by atoms with van der Waals surface area (Å²) in [5.41, 5.74) is 1.02. The Balaban J connectivity index is 2.02. The van der Waals surface area contributed by atoms with Crippen molar-refractivity contribution in [2.75, 3.05) is 12.4 Å². The lowest BCUT2D eigenvalue weighted by molar-refractivity contribution is 0.397. The molecule has 0 bridgehead atoms. The van der Waals surface area contributed by atoms with Gasteiger partial charge in [-0.3, -0.25) is 0 Å². The van der Waals surface area contributed by atoms with Crippen molar-refractivity contribution in [3.63, 3.8) is 0 Å². The van der Waals surface area contributed by atoms with Crippen LogP contribution in [-0.4, -0.2) is 17.1 Å². The van der Waals surface area contributed by atoms with E-state index in [-0.39, 0.29) is 0 Å². The first-order valence-electron chi connectivity index (χ1n) is 5.23. The second-order valence-corrected chi connectivity index (χ2v) is 4.87. The highest BCUT2D eigenvalue weighted by atomic mass is 79.9. The van der Waals surface area contributed by atoms with Gasteiger partial charge in [0.2, 0.25) is 5.88 Å². The molecule has 0 saturated carbocycles. The number of rotatable bonds is 4. The van der Waals surface area contributed by atoms with E-state index in [9.17, 15) is 0 Å². The van der Waals surface area contributed by atoms with Crippen molar-refractivity contribution in [1.29, 1.82) is 0 Å². The Morgan fingerprint density at radius 3 is 2.78 bits per heavy atom. The van der Waals surface area contributed by atoms with E-state index in [1.54, 1.807) is 25.6 Å². The molecule has 0 amide bonds. The van der Waals surface area contributed by atoms with E-state index in [4.69, 9.17) is 16.3 Å². The monoisotopic (exact) mass is 327 g/mol. The van der Waals surface area contributed by atoms with E-state index in [2.05, 4.69) is 31.2 Å². The van der Waals surface area contributed by atoms with Crippen molar-refractivity contribution in [2.24, 2.45) is 0 Å². The quantitative estimate of drug-likeness (QED) is 0.933. The van der Waals surface area contributed by atoms with Gasteiger partial charge in [0.25, 0.3) is 0 Å². The van der Waals surface area contributed by atoms with Crippen LogP contribution in [0.1, 0.15) is 5.56 Å². The van der Waals surface area contributed by atoms with Gasteiger partial charge >= 0.3 is 0 Å². The summed E-state index contributed by atoms with van der Waals surface area (Å²) >= 11 is 9.36. The van der Waals surface area contributed by atoms with Crippen molar-refractivity contribution in [3.8, 4) is 5.88 Å². The number of nitrogens with one attached hydrogen (secondary N) is 1. The molecule has 0 aliphatic rings. The summed E-state index contributed by atoms with van der Waals surface area (Å²) in [7, 11) is 1.59. The van der Waals surface area contributed by atoms with Gasteiger partial charge in [-0.15, -0.1) is 0 Å². The van der Waals surface area contributed by atoms with Crippen molar-refractivity contribution in [3.05, 3.63) is 45.7 Å². The number of ether oxygens (including phenoxy) is 1. The van der Waals surface area contributed by atoms with Gasteiger partial charge in [0.05, 0.1) is 12.1 Å². The van der Waals surface area contributed by atoms with Gasteiger partial charge in [0, 0.05) is 29.5 Å². The van der Waals surface area contributed by atoms with Gasteiger partial charge in [0.1, 0.15) is 5.82 Å². The Hall–Kier alpha value is -1.33. The minimum atomic E-state index is 0.575. The van der Waals surface area contributed by atoms with E-state index in [1.165, 1.54) is 0 Å². The second-order valence-electron chi connectivity index (χ2n) is 3.55. The van der Waals surface area contributed by atoms with Gasteiger partial charge in [-0.2, -0.15) is 0 Å². The molecule has 6 heteroatoms. The number of hydrogen-bond acceptors (Lipinski definition) is 4. The van der Waals surface area contributed by atoms with Gasteiger partial charge in [0.15, 0.2) is 0 Å². The third kappa shape index (κ3) is 3.34. The summed E-state index contributed by atoms with van der Waals surface area (Å²) in [4.78, 5) is 8.31. The predicted octanol–water partition coefficient (Wildman–Crippen LogP) is 3.51. The maximum atomic E-state index is 6.05. The van der Waals surface area contributed by atoms with Crippen molar-refractivity contribution < 1.29 is 4.74 Å². The third-order valence-corrected chi connectivity index (χ3v) is 3.00. The normalized spacial score (nSPS) is 10.2. The minimum absolute atomic E-state index is 0.575. The zero-order valence-corrected chi connectivity index (χ0v) is 12.0. The summed E-state index contributed by atoms with van der Waals surface area (Å²) < 4.78 is 5.85. The zero-order chi connectivity index (χ0) is 13.0. The summed E-state index contributed by atoms with van der Waals surface area (Å²) in [5, 5.41) is 3.72. The van der Waals surface area contributed by atoms with Gasteiger partial charge in [-0.25, -0.2) is 9.97 Å². The van der Waals surface area contributed by atoms with E-state index < -0.39 is 0 Å². The third-order valence-electron chi connectivity index (χ3n) is 2.27. The van der Waals surface area contributed by atoms with Crippen LogP contribution in [0.25, 0.3) is 0 Å². The van der Waals surface area contributed by atoms with Crippen LogP contribution in [0.15, 0.2) is 35.1 Å². The summed E-state index contributed by atoms with van der Waals surface area (Å²) in [6, 6.07) is 5.54. The Labute approximate surface area is 118 Å². The fraction of sp³-hybridized carbons (Fsp3) is 0.167. The molecular formula is C12H11BrClN3O. The van der Waals surface area contributed by atoms with Crippen molar-refractivity contribution >= 4 is 33.3 Å². The first-order valence-corrected chi connectivity index (χ1v) is 6.40. The first-order chi connectivity index (χ1) is 8.69. The maximum absolute atomic E-state index is 6.05. The van der Waals surface area contributed by atoms with Crippen LogP contribution in [0.4, 0.5) is 5.82 Å². The molecule has 94 valence electrons. The standard InChI is InChI=1S/C12H11BrClN3O/c1-18-11-3-2-8(5-15-11)6-16-12-10(14)4-9(13)7-17-12/h2-5,7H,6H2,1H3,(H,16,17). The SMILES string of the molecule is COc1ccc(CNc2ncc(Br)cc2Cl)cn1. The fourth-order valence-electron chi connectivity index (χ4n) is 1.37. The summed E-state index contributed by atoms with van der Waals surface area (Å²) in [6.45, 7) is 0.603. The molecule has 0 aromatic carbocycles. The molecule has 18 heavy (non-hydrogen) atoms. The maximum Gasteiger partial charge on any atom is 0.212 e. The van der Waals surface area contributed by atoms with Gasteiger partial charge in [-0.05, 0) is 27.6 Å². The molecule has 2 rings (SSSR count). The number of nitrogens with zero attached hydrogens (tertiary/aromatic N) is 2. The predicted molar refractivity (Wildman–Crippen MR) is 75.1 cm³/mol. The van der Waals surface area contributed by atoms with E-state index in [0.717, 1.165) is 10.0 Å². The number of hydrogen-bond donors (Lipinski definition) is 1. The Morgan fingerprint density at radius 2 is 2.17 bits per heavy atom. The first kappa shape index (κ1) is 13.1. The lowest BCUT2D eigenvalue weighted by atomic mass is 10.3. The Bertz CT molecular complexity index is 533. The van der Waals surface area contributed by atoms with E-state index in [1.807, 2.05) is 12.1 Å². The lowest BCUT2D eigenvalue weighted by Gasteiger charge is -2.07. The Morgan fingerprint density at radius 1 is 1.33 bits per heavy atom. The molecule has 0 unspecified atom stereocenters. The smallest absolute Gasteiger partial charge is 0.212 e. The average molecular weight is 329 g/mol. The molecule has 0 radical (unpaired) electrons. The molecular weight excluding hydrogens is 318 g/mol. The highest BCUT2D eigenvalue weighted by Crippen LogP contribution is 2.23. The molecule has 0 saturated heterocycles. The van der Waals surface area contributed by atoms with Crippen LogP contribution in [0, 0.1) is 0 Å². The average Bonchev–Trinajstić information content (AvgIpc) is 2.38. The minimum Gasteiger partial charge on any atom is -0.481 e. The van der Waals surface area contributed by atoms with Gasteiger partial charge in [-0.1, -0.05) is 17.7 Å². The lowest BCUT2D eigenvalue weighted by Crippen LogP contribution is -2.02. The molecule has 4 nitrogen and oxygen atoms in total. The molecule has 0 spiro atoms.